The lowest BCUT2D eigenvalue weighted by molar-refractivity contribution is -0.00761. The van der Waals surface area contributed by atoms with Crippen molar-refractivity contribution in [3.05, 3.63) is 70.5 Å². The summed E-state index contributed by atoms with van der Waals surface area (Å²) in [4.78, 5) is 14.4. The molecule has 2 aromatic carbocycles. The molecule has 1 atom stereocenters. The highest BCUT2D eigenvalue weighted by atomic mass is 35.5. The Morgan fingerprint density at radius 2 is 1.96 bits per heavy atom. The summed E-state index contributed by atoms with van der Waals surface area (Å²) < 4.78 is 19.5. The zero-order valence-corrected chi connectivity index (χ0v) is 14.0. The van der Waals surface area contributed by atoms with Crippen LogP contribution in [0.1, 0.15) is 28.8 Å². The number of halogens is 2. The fourth-order valence-electron chi connectivity index (χ4n) is 2.89. The standard InChI is InChI=1S/C19H19ClFNO2/c20-17-9-3-2-8-16(17)19(23)22-11-5-7-15(12-22)24-13-14-6-1-4-10-18(14)21/h1-4,6,8-10,15H,5,7,11-13H2. The van der Waals surface area contributed by atoms with E-state index in [0.29, 0.717) is 29.2 Å². The molecule has 0 saturated carbocycles. The minimum Gasteiger partial charge on any atom is -0.372 e. The second-order valence-electron chi connectivity index (χ2n) is 5.90. The summed E-state index contributed by atoms with van der Waals surface area (Å²) in [7, 11) is 0. The molecule has 0 N–H and O–H groups in total. The number of rotatable bonds is 4. The third-order valence-corrected chi connectivity index (χ3v) is 4.53. The van der Waals surface area contributed by atoms with Gasteiger partial charge in [0.2, 0.25) is 0 Å². The third-order valence-electron chi connectivity index (χ3n) is 4.20. The Balaban J connectivity index is 1.61. The molecule has 1 heterocycles. The van der Waals surface area contributed by atoms with Gasteiger partial charge in [-0.05, 0) is 31.0 Å². The predicted octanol–water partition coefficient (Wildman–Crippen LogP) is 4.30. The number of hydrogen-bond acceptors (Lipinski definition) is 2. The summed E-state index contributed by atoms with van der Waals surface area (Å²) in [6, 6.07) is 13.6. The van der Waals surface area contributed by atoms with Gasteiger partial charge in [-0.15, -0.1) is 0 Å². The van der Waals surface area contributed by atoms with Crippen molar-refractivity contribution in [3.63, 3.8) is 0 Å². The molecule has 1 aliphatic rings. The first kappa shape index (κ1) is 16.9. The van der Waals surface area contributed by atoms with Gasteiger partial charge in [-0.2, -0.15) is 0 Å². The summed E-state index contributed by atoms with van der Waals surface area (Å²) in [6.45, 7) is 1.40. The van der Waals surface area contributed by atoms with Crippen LogP contribution in [-0.4, -0.2) is 30.0 Å². The molecule has 0 spiro atoms. The molecular formula is C19H19ClFNO2. The smallest absolute Gasteiger partial charge is 0.255 e. The summed E-state index contributed by atoms with van der Waals surface area (Å²) in [6.07, 6.45) is 1.63. The Labute approximate surface area is 146 Å². The van der Waals surface area contributed by atoms with Gasteiger partial charge in [-0.25, -0.2) is 4.39 Å². The quantitative estimate of drug-likeness (QED) is 0.825. The molecule has 0 radical (unpaired) electrons. The van der Waals surface area contributed by atoms with E-state index in [9.17, 15) is 9.18 Å². The van der Waals surface area contributed by atoms with E-state index in [2.05, 4.69) is 0 Å². The minimum absolute atomic E-state index is 0.0835. The molecule has 1 fully saturated rings. The van der Waals surface area contributed by atoms with E-state index in [-0.39, 0.29) is 24.4 Å². The Kier molecular flexibility index (Phi) is 5.48. The van der Waals surface area contributed by atoms with E-state index in [4.69, 9.17) is 16.3 Å². The first-order chi connectivity index (χ1) is 11.6. The molecule has 1 amide bonds. The molecule has 3 rings (SSSR count). The van der Waals surface area contributed by atoms with Crippen LogP contribution in [0.3, 0.4) is 0 Å². The minimum atomic E-state index is -0.266. The molecule has 2 aromatic rings. The predicted molar refractivity (Wildman–Crippen MR) is 91.6 cm³/mol. The number of carbonyl (C=O) groups excluding carboxylic acids is 1. The maximum atomic E-state index is 13.7. The molecule has 0 aromatic heterocycles. The van der Waals surface area contributed by atoms with Gasteiger partial charge in [0.1, 0.15) is 5.82 Å². The molecule has 0 aliphatic carbocycles. The summed E-state index contributed by atoms with van der Waals surface area (Å²) in [5.41, 5.74) is 1.04. The lowest BCUT2D eigenvalue weighted by Gasteiger charge is -2.33. The van der Waals surface area contributed by atoms with Crippen LogP contribution in [0.15, 0.2) is 48.5 Å². The Bertz CT molecular complexity index is 722. The first-order valence-electron chi connectivity index (χ1n) is 8.04. The summed E-state index contributed by atoms with van der Waals surface area (Å²) >= 11 is 6.11. The maximum Gasteiger partial charge on any atom is 0.255 e. The molecule has 1 unspecified atom stereocenters. The second kappa shape index (κ2) is 7.77. The third kappa shape index (κ3) is 3.94. The highest BCUT2D eigenvalue weighted by molar-refractivity contribution is 6.33. The molecule has 1 saturated heterocycles. The van der Waals surface area contributed by atoms with Gasteiger partial charge in [-0.3, -0.25) is 4.79 Å². The normalized spacial score (nSPS) is 17.8. The van der Waals surface area contributed by atoms with Crippen molar-refractivity contribution >= 4 is 17.5 Å². The van der Waals surface area contributed by atoms with Crippen molar-refractivity contribution in [2.24, 2.45) is 0 Å². The number of nitrogens with zero attached hydrogens (tertiary/aromatic N) is 1. The monoisotopic (exact) mass is 347 g/mol. The molecule has 1 aliphatic heterocycles. The number of amides is 1. The fraction of sp³-hybridized carbons (Fsp3) is 0.316. The molecule has 5 heteroatoms. The van der Waals surface area contributed by atoms with Gasteiger partial charge in [0, 0.05) is 18.7 Å². The number of hydrogen-bond donors (Lipinski definition) is 0. The van der Waals surface area contributed by atoms with Crippen LogP contribution < -0.4 is 0 Å². The van der Waals surface area contributed by atoms with Crippen molar-refractivity contribution in [2.75, 3.05) is 13.1 Å². The average Bonchev–Trinajstić information content (AvgIpc) is 2.61. The van der Waals surface area contributed by atoms with Crippen LogP contribution in [0.5, 0.6) is 0 Å². The van der Waals surface area contributed by atoms with Crippen LogP contribution in [0.25, 0.3) is 0 Å². The molecule has 126 valence electrons. The van der Waals surface area contributed by atoms with E-state index >= 15 is 0 Å². The van der Waals surface area contributed by atoms with E-state index in [1.54, 1.807) is 47.4 Å². The zero-order valence-electron chi connectivity index (χ0n) is 13.3. The van der Waals surface area contributed by atoms with Gasteiger partial charge >= 0.3 is 0 Å². The highest BCUT2D eigenvalue weighted by Crippen LogP contribution is 2.21. The SMILES string of the molecule is O=C(c1ccccc1Cl)N1CCCC(OCc2ccccc2F)C1. The second-order valence-corrected chi connectivity index (χ2v) is 6.30. The van der Waals surface area contributed by atoms with Crippen molar-refractivity contribution in [1.29, 1.82) is 0 Å². The van der Waals surface area contributed by atoms with Crippen molar-refractivity contribution < 1.29 is 13.9 Å². The Morgan fingerprint density at radius 3 is 2.75 bits per heavy atom. The van der Waals surface area contributed by atoms with Crippen LogP contribution in [0.4, 0.5) is 4.39 Å². The van der Waals surface area contributed by atoms with Crippen LogP contribution in [-0.2, 0) is 11.3 Å². The van der Waals surface area contributed by atoms with Crippen LogP contribution >= 0.6 is 11.6 Å². The van der Waals surface area contributed by atoms with Gasteiger partial charge in [0.25, 0.3) is 5.91 Å². The Hall–Kier alpha value is -1.91. The maximum absolute atomic E-state index is 13.7. The van der Waals surface area contributed by atoms with Crippen molar-refractivity contribution in [3.8, 4) is 0 Å². The first-order valence-corrected chi connectivity index (χ1v) is 8.42. The van der Waals surface area contributed by atoms with E-state index in [1.807, 2.05) is 0 Å². The Morgan fingerprint density at radius 1 is 1.21 bits per heavy atom. The van der Waals surface area contributed by atoms with Gasteiger partial charge in [-0.1, -0.05) is 41.9 Å². The molecule has 0 bridgehead atoms. The topological polar surface area (TPSA) is 29.5 Å². The number of benzene rings is 2. The molecule has 3 nitrogen and oxygen atoms in total. The highest BCUT2D eigenvalue weighted by Gasteiger charge is 2.26. The fourth-order valence-corrected chi connectivity index (χ4v) is 3.10. The number of ether oxygens (including phenoxy) is 1. The van der Waals surface area contributed by atoms with Crippen molar-refractivity contribution in [1.82, 2.24) is 4.90 Å². The molecule has 24 heavy (non-hydrogen) atoms. The number of piperidine rings is 1. The number of carbonyl (C=O) groups is 1. The lowest BCUT2D eigenvalue weighted by atomic mass is 10.1. The number of likely N-dealkylation sites (tertiary alicyclic amines) is 1. The van der Waals surface area contributed by atoms with Gasteiger partial charge < -0.3 is 9.64 Å². The van der Waals surface area contributed by atoms with E-state index < -0.39 is 0 Å². The largest absolute Gasteiger partial charge is 0.372 e. The molecular weight excluding hydrogens is 329 g/mol. The van der Waals surface area contributed by atoms with Crippen molar-refractivity contribution in [2.45, 2.75) is 25.6 Å². The lowest BCUT2D eigenvalue weighted by Crippen LogP contribution is -2.43. The van der Waals surface area contributed by atoms with Gasteiger partial charge in [0.15, 0.2) is 0 Å². The van der Waals surface area contributed by atoms with Crippen LogP contribution in [0, 0.1) is 5.82 Å². The van der Waals surface area contributed by atoms with Crippen LogP contribution in [0.2, 0.25) is 5.02 Å². The van der Waals surface area contributed by atoms with Gasteiger partial charge in [0.05, 0.1) is 23.3 Å². The summed E-state index contributed by atoms with van der Waals surface area (Å²) in [5, 5.41) is 0.455. The zero-order chi connectivity index (χ0) is 16.9. The summed E-state index contributed by atoms with van der Waals surface area (Å²) in [5.74, 6) is -0.350. The van der Waals surface area contributed by atoms with E-state index in [0.717, 1.165) is 12.8 Å². The average molecular weight is 348 g/mol. The van der Waals surface area contributed by atoms with E-state index in [1.165, 1.54) is 6.07 Å².